The number of carbonyl (C=O) groups is 3. The van der Waals surface area contributed by atoms with E-state index in [4.69, 9.17) is 32.5 Å². The minimum absolute atomic E-state index is 0.0613. The van der Waals surface area contributed by atoms with E-state index in [2.05, 4.69) is 10.5 Å². The molecule has 2 amide bonds. The Labute approximate surface area is 243 Å². The fourth-order valence-electron chi connectivity index (χ4n) is 4.11. The maximum atomic E-state index is 13.4. The Morgan fingerprint density at radius 3 is 2.30 bits per heavy atom. The van der Waals surface area contributed by atoms with Crippen molar-refractivity contribution in [1.82, 2.24) is 5.16 Å². The lowest BCUT2D eigenvalue weighted by Crippen LogP contribution is -2.42. The molecular formula is C29H33Cl2N3O6. The molecule has 0 bridgehead atoms. The normalized spacial score (nSPS) is 12.2. The Morgan fingerprint density at radius 1 is 1.10 bits per heavy atom. The molecule has 1 atom stereocenters. The first-order valence-electron chi connectivity index (χ1n) is 12.7. The van der Waals surface area contributed by atoms with Gasteiger partial charge in [0.05, 0.1) is 34.3 Å². The molecule has 1 aromatic heterocycles. The van der Waals surface area contributed by atoms with Crippen LogP contribution < -0.4 is 15.0 Å². The van der Waals surface area contributed by atoms with Crippen LogP contribution in [0.3, 0.4) is 0 Å². The van der Waals surface area contributed by atoms with Crippen molar-refractivity contribution in [3.63, 3.8) is 0 Å². The number of aliphatic carboxylic acids is 1. The highest BCUT2D eigenvalue weighted by atomic mass is 35.5. The van der Waals surface area contributed by atoms with E-state index in [1.165, 1.54) is 25.3 Å². The summed E-state index contributed by atoms with van der Waals surface area (Å²) in [5.74, 6) is -1.92. The van der Waals surface area contributed by atoms with Crippen LogP contribution in [0.25, 0.3) is 0 Å². The number of carboxylic acids is 1. The van der Waals surface area contributed by atoms with Crippen molar-refractivity contribution in [2.24, 2.45) is 11.3 Å². The van der Waals surface area contributed by atoms with Gasteiger partial charge in [0.15, 0.2) is 5.82 Å². The molecule has 0 saturated heterocycles. The molecule has 0 aliphatic heterocycles. The number of halogens is 2. The molecule has 3 aromatic rings. The smallest absolute Gasteiger partial charge is 0.311 e. The molecule has 40 heavy (non-hydrogen) atoms. The molecule has 1 unspecified atom stereocenters. The number of benzene rings is 2. The molecule has 9 nitrogen and oxygen atoms in total. The van der Waals surface area contributed by atoms with Crippen LogP contribution in [-0.2, 0) is 16.0 Å². The number of amides is 2. The summed E-state index contributed by atoms with van der Waals surface area (Å²) >= 11 is 12.2. The zero-order chi connectivity index (χ0) is 29.8. The van der Waals surface area contributed by atoms with Crippen LogP contribution in [0.1, 0.15) is 62.2 Å². The lowest BCUT2D eigenvalue weighted by atomic mass is 9.91. The highest BCUT2D eigenvalue weighted by Gasteiger charge is 2.32. The van der Waals surface area contributed by atoms with Crippen molar-refractivity contribution in [2.45, 2.75) is 47.0 Å². The van der Waals surface area contributed by atoms with Gasteiger partial charge >= 0.3 is 5.97 Å². The third kappa shape index (κ3) is 7.34. The minimum atomic E-state index is -1.10. The van der Waals surface area contributed by atoms with Crippen LogP contribution in [-0.4, -0.2) is 41.7 Å². The highest BCUT2D eigenvalue weighted by Crippen LogP contribution is 2.36. The van der Waals surface area contributed by atoms with Crippen LogP contribution in [0, 0.1) is 11.3 Å². The van der Waals surface area contributed by atoms with Crippen molar-refractivity contribution in [1.29, 1.82) is 0 Å². The number of hydrogen-bond donors (Lipinski definition) is 2. The summed E-state index contributed by atoms with van der Waals surface area (Å²) in [6.45, 7) is 9.92. The second kappa shape index (κ2) is 12.7. The van der Waals surface area contributed by atoms with E-state index < -0.39 is 23.2 Å². The van der Waals surface area contributed by atoms with E-state index in [-0.39, 0.29) is 45.4 Å². The van der Waals surface area contributed by atoms with E-state index in [0.29, 0.717) is 23.5 Å². The summed E-state index contributed by atoms with van der Waals surface area (Å²) in [6, 6.07) is 11.1. The molecule has 0 spiro atoms. The van der Waals surface area contributed by atoms with Gasteiger partial charge in [-0.2, -0.15) is 0 Å². The van der Waals surface area contributed by atoms with Crippen LogP contribution in [0.4, 0.5) is 11.5 Å². The van der Waals surface area contributed by atoms with E-state index >= 15 is 0 Å². The number of carbonyl (C=O) groups excluding carboxylic acids is 2. The number of carboxylic acid groups (broad SMARTS) is 1. The highest BCUT2D eigenvalue weighted by molar-refractivity contribution is 6.40. The first-order chi connectivity index (χ1) is 18.7. The largest absolute Gasteiger partial charge is 0.495 e. The number of hydrogen-bond acceptors (Lipinski definition) is 6. The van der Waals surface area contributed by atoms with Crippen molar-refractivity contribution < 1.29 is 28.8 Å². The number of aromatic nitrogens is 1. The third-order valence-corrected chi connectivity index (χ3v) is 6.65. The molecule has 0 aliphatic carbocycles. The Hall–Kier alpha value is -3.56. The second-order valence-corrected chi connectivity index (χ2v) is 11.6. The second-order valence-electron chi connectivity index (χ2n) is 10.8. The molecule has 0 fully saturated rings. The van der Waals surface area contributed by atoms with Crippen LogP contribution in [0.5, 0.6) is 5.75 Å². The maximum absolute atomic E-state index is 13.4. The van der Waals surface area contributed by atoms with E-state index in [9.17, 15) is 19.5 Å². The lowest BCUT2D eigenvalue weighted by molar-refractivity contribution is -0.138. The Bertz CT molecular complexity index is 1380. The number of rotatable bonds is 10. The van der Waals surface area contributed by atoms with Gasteiger partial charge in [0.1, 0.15) is 11.5 Å². The van der Waals surface area contributed by atoms with Gasteiger partial charge in [-0.25, -0.2) is 0 Å². The molecule has 0 saturated carbocycles. The number of methoxy groups -OCH3 is 1. The maximum Gasteiger partial charge on any atom is 0.311 e. The van der Waals surface area contributed by atoms with E-state index in [0.717, 1.165) is 0 Å². The van der Waals surface area contributed by atoms with Gasteiger partial charge in [0, 0.05) is 24.4 Å². The first kappa shape index (κ1) is 31.0. The summed E-state index contributed by atoms with van der Waals surface area (Å²) in [4.78, 5) is 40.1. The summed E-state index contributed by atoms with van der Waals surface area (Å²) in [7, 11) is 1.50. The number of ether oxygens (including phenoxy) is 1. The summed E-state index contributed by atoms with van der Waals surface area (Å²) in [6.07, 6.45) is -0.0613. The SMILES string of the molecule is COc1ccc(C(Cc2cc(NC(=O)c3c(Cl)cccc3Cl)no2)C(=O)O)cc1N(CC(C)C)C(=O)C(C)(C)C. The van der Waals surface area contributed by atoms with Crippen molar-refractivity contribution in [3.8, 4) is 5.75 Å². The monoisotopic (exact) mass is 589 g/mol. The van der Waals surface area contributed by atoms with E-state index in [1.54, 1.807) is 29.2 Å². The van der Waals surface area contributed by atoms with Gasteiger partial charge in [0.2, 0.25) is 5.91 Å². The molecule has 2 aromatic carbocycles. The third-order valence-electron chi connectivity index (χ3n) is 6.02. The van der Waals surface area contributed by atoms with Crippen LogP contribution in [0.15, 0.2) is 47.0 Å². The van der Waals surface area contributed by atoms with Gasteiger partial charge in [-0.05, 0) is 35.7 Å². The van der Waals surface area contributed by atoms with Gasteiger partial charge in [-0.3, -0.25) is 14.4 Å². The number of anilines is 2. The van der Waals surface area contributed by atoms with Gasteiger partial charge < -0.3 is 24.6 Å². The van der Waals surface area contributed by atoms with Crippen LogP contribution in [0.2, 0.25) is 10.0 Å². The Morgan fingerprint density at radius 2 is 1.75 bits per heavy atom. The molecule has 2 N–H and O–H groups in total. The summed E-state index contributed by atoms with van der Waals surface area (Å²) in [5.41, 5.74) is 0.350. The van der Waals surface area contributed by atoms with Gasteiger partial charge in [-0.15, -0.1) is 0 Å². The van der Waals surface area contributed by atoms with Crippen molar-refractivity contribution in [2.75, 3.05) is 23.9 Å². The molecule has 0 radical (unpaired) electrons. The molecule has 1 heterocycles. The minimum Gasteiger partial charge on any atom is -0.495 e. The van der Waals surface area contributed by atoms with Gasteiger partial charge in [-0.1, -0.05) is 75.1 Å². The van der Waals surface area contributed by atoms with Crippen molar-refractivity contribution >= 4 is 52.5 Å². The Balaban J connectivity index is 1.91. The predicted molar refractivity (Wildman–Crippen MR) is 155 cm³/mol. The Kier molecular flexibility index (Phi) is 9.87. The standard InChI is InChI=1S/C29H33Cl2N3O6/c1-16(2)15-34(28(38)29(3,4)5)22-12-17(10-11-23(22)39-6)19(27(36)37)13-18-14-24(33-40-18)32-26(35)25-20(30)8-7-9-21(25)31/h7-12,14,16,19H,13,15H2,1-6H3,(H,36,37)(H,32,33,35). The van der Waals surface area contributed by atoms with E-state index in [1.807, 2.05) is 34.6 Å². The van der Waals surface area contributed by atoms with Crippen molar-refractivity contribution in [3.05, 3.63) is 69.4 Å². The quantitative estimate of drug-likeness (QED) is 0.270. The zero-order valence-corrected chi connectivity index (χ0v) is 24.8. The summed E-state index contributed by atoms with van der Waals surface area (Å²) in [5, 5.41) is 16.9. The topological polar surface area (TPSA) is 122 Å². The number of nitrogens with one attached hydrogen (secondary N) is 1. The molecule has 214 valence electrons. The van der Waals surface area contributed by atoms with Gasteiger partial charge in [0.25, 0.3) is 5.91 Å². The molecule has 11 heteroatoms. The predicted octanol–water partition coefficient (Wildman–Crippen LogP) is 6.69. The first-order valence-corrected chi connectivity index (χ1v) is 13.4. The zero-order valence-electron chi connectivity index (χ0n) is 23.2. The molecule has 3 rings (SSSR count). The van der Waals surface area contributed by atoms with Crippen LogP contribution >= 0.6 is 23.2 Å². The average Bonchev–Trinajstić information content (AvgIpc) is 3.31. The average molecular weight is 591 g/mol. The lowest BCUT2D eigenvalue weighted by Gasteiger charge is -2.32. The number of nitrogens with zero attached hydrogens (tertiary/aromatic N) is 2. The fourth-order valence-corrected chi connectivity index (χ4v) is 4.68. The molecule has 0 aliphatic rings. The fraction of sp³-hybridized carbons (Fsp3) is 0.379. The summed E-state index contributed by atoms with van der Waals surface area (Å²) < 4.78 is 10.9. The molecular weight excluding hydrogens is 557 g/mol.